The van der Waals surface area contributed by atoms with E-state index in [0.29, 0.717) is 21.6 Å². The van der Waals surface area contributed by atoms with E-state index in [1.54, 1.807) is 23.8 Å². The van der Waals surface area contributed by atoms with Crippen LogP contribution in [0.1, 0.15) is 12.5 Å². The van der Waals surface area contributed by atoms with E-state index in [-0.39, 0.29) is 5.91 Å². The van der Waals surface area contributed by atoms with Gasteiger partial charge in [-0.1, -0.05) is 29.4 Å². The molecular formula is C21H20ClN3O2S2. The van der Waals surface area contributed by atoms with Gasteiger partial charge in [-0.15, -0.1) is 0 Å². The molecule has 1 saturated heterocycles. The topological polar surface area (TPSA) is 45.1 Å². The van der Waals surface area contributed by atoms with Gasteiger partial charge in [-0.05, 0) is 55.4 Å². The van der Waals surface area contributed by atoms with Gasteiger partial charge in [0, 0.05) is 29.6 Å². The summed E-state index contributed by atoms with van der Waals surface area (Å²) in [5.74, 6) is 0.769. The Kier molecular flexibility index (Phi) is 5.55. The molecule has 2 aromatic rings. The number of likely N-dealkylation sites (N-methyl/N-ethyl adjacent to an activating group) is 1. The molecule has 0 spiro atoms. The molecule has 2 aliphatic rings. The van der Waals surface area contributed by atoms with Crippen molar-refractivity contribution in [3.05, 3.63) is 56.9 Å². The van der Waals surface area contributed by atoms with E-state index in [2.05, 4.69) is 0 Å². The predicted octanol–water partition coefficient (Wildman–Crippen LogP) is 5.65. The molecule has 0 bridgehead atoms. The first-order valence-electron chi connectivity index (χ1n) is 9.11. The predicted molar refractivity (Wildman–Crippen MR) is 123 cm³/mol. The third kappa shape index (κ3) is 3.63. The van der Waals surface area contributed by atoms with Gasteiger partial charge in [-0.3, -0.25) is 9.69 Å². The first-order chi connectivity index (χ1) is 13.9. The maximum Gasteiger partial charge on any atom is 0.269 e. The van der Waals surface area contributed by atoms with Crippen molar-refractivity contribution in [1.82, 2.24) is 4.90 Å². The standard InChI is InChI=1S/C21H20ClN3O2S2/c1-5-25-19(26)18(29-21(25)23-13-7-6-12(2)15(22)10-13)20-24(3)16-11-14(27-4)8-9-17(16)28-20/h6-11H,5H2,1-4H3/b20-18-,23-21?. The molecule has 0 aliphatic carbocycles. The lowest BCUT2D eigenvalue weighted by atomic mass is 10.2. The van der Waals surface area contributed by atoms with Crippen LogP contribution in [0, 0.1) is 6.92 Å². The number of hydrogen-bond acceptors (Lipinski definition) is 6. The normalized spacial score (nSPS) is 20.0. The number of hydrogen-bond donors (Lipinski definition) is 0. The first-order valence-corrected chi connectivity index (χ1v) is 11.1. The Labute approximate surface area is 183 Å². The average Bonchev–Trinajstić information content (AvgIpc) is 3.20. The SMILES string of the molecule is CCN1C(=O)/C(=C2/Sc3ccc(OC)cc3N2C)SC1=Nc1ccc(C)c(Cl)c1. The Morgan fingerprint density at radius 2 is 1.97 bits per heavy atom. The number of ether oxygens (including phenoxy) is 1. The summed E-state index contributed by atoms with van der Waals surface area (Å²) in [5.41, 5.74) is 2.77. The zero-order valence-electron chi connectivity index (χ0n) is 16.5. The number of amidine groups is 1. The highest BCUT2D eigenvalue weighted by molar-refractivity contribution is 8.19. The summed E-state index contributed by atoms with van der Waals surface area (Å²) in [6.45, 7) is 4.46. The lowest BCUT2D eigenvalue weighted by Gasteiger charge is -2.15. The molecule has 5 nitrogen and oxygen atoms in total. The van der Waals surface area contributed by atoms with Gasteiger partial charge in [0.1, 0.15) is 10.7 Å². The number of carbonyl (C=O) groups is 1. The zero-order valence-corrected chi connectivity index (χ0v) is 18.9. The van der Waals surface area contributed by atoms with Gasteiger partial charge in [0.15, 0.2) is 5.17 Å². The largest absolute Gasteiger partial charge is 0.497 e. The zero-order chi connectivity index (χ0) is 20.7. The monoisotopic (exact) mass is 445 g/mol. The molecule has 1 amide bonds. The summed E-state index contributed by atoms with van der Waals surface area (Å²) < 4.78 is 5.34. The number of thioether (sulfide) groups is 2. The number of rotatable bonds is 3. The quantitative estimate of drug-likeness (QED) is 0.571. The third-order valence-corrected chi connectivity index (χ3v) is 7.63. The van der Waals surface area contributed by atoms with Crippen molar-refractivity contribution in [2.24, 2.45) is 4.99 Å². The molecule has 0 radical (unpaired) electrons. The highest BCUT2D eigenvalue weighted by Crippen LogP contribution is 2.51. The summed E-state index contributed by atoms with van der Waals surface area (Å²) >= 11 is 9.24. The molecule has 0 aromatic heterocycles. The van der Waals surface area contributed by atoms with Crippen molar-refractivity contribution >= 4 is 57.6 Å². The fourth-order valence-corrected chi connectivity index (χ4v) is 5.67. The van der Waals surface area contributed by atoms with Gasteiger partial charge in [0.05, 0.1) is 23.5 Å². The van der Waals surface area contributed by atoms with Crippen LogP contribution in [-0.2, 0) is 4.79 Å². The molecule has 2 aliphatic heterocycles. The van der Waals surface area contributed by atoms with Crippen molar-refractivity contribution < 1.29 is 9.53 Å². The van der Waals surface area contributed by atoms with Gasteiger partial charge < -0.3 is 9.64 Å². The number of anilines is 1. The minimum Gasteiger partial charge on any atom is -0.497 e. The number of methoxy groups -OCH3 is 1. The number of amides is 1. The molecule has 150 valence electrons. The van der Waals surface area contributed by atoms with Crippen LogP contribution in [0.3, 0.4) is 0 Å². The van der Waals surface area contributed by atoms with E-state index in [4.69, 9.17) is 21.3 Å². The van der Waals surface area contributed by atoms with E-state index in [9.17, 15) is 4.79 Å². The summed E-state index contributed by atoms with van der Waals surface area (Å²) in [6.07, 6.45) is 0. The smallest absolute Gasteiger partial charge is 0.269 e. The molecule has 4 rings (SSSR count). The second-order valence-electron chi connectivity index (χ2n) is 6.61. The van der Waals surface area contributed by atoms with E-state index in [1.165, 1.54) is 11.8 Å². The minimum atomic E-state index is -0.0245. The van der Waals surface area contributed by atoms with E-state index < -0.39 is 0 Å². The van der Waals surface area contributed by atoms with Crippen LogP contribution in [0.4, 0.5) is 11.4 Å². The number of halogens is 1. The summed E-state index contributed by atoms with van der Waals surface area (Å²) in [5, 5.41) is 2.24. The Bertz CT molecular complexity index is 1070. The number of carbonyl (C=O) groups excluding carboxylic acids is 1. The third-order valence-electron chi connectivity index (χ3n) is 4.79. The van der Waals surface area contributed by atoms with E-state index in [0.717, 1.165) is 32.6 Å². The van der Waals surface area contributed by atoms with E-state index in [1.807, 2.05) is 62.2 Å². The lowest BCUT2D eigenvalue weighted by Crippen LogP contribution is -2.29. The number of nitrogens with zero attached hydrogens (tertiary/aromatic N) is 3. The molecular weight excluding hydrogens is 426 g/mol. The maximum absolute atomic E-state index is 13.1. The maximum atomic E-state index is 13.1. The van der Waals surface area contributed by atoms with Gasteiger partial charge in [0.25, 0.3) is 5.91 Å². The van der Waals surface area contributed by atoms with Crippen LogP contribution in [0.2, 0.25) is 5.02 Å². The minimum absolute atomic E-state index is 0.0245. The molecule has 1 fully saturated rings. The van der Waals surface area contributed by atoms with Crippen LogP contribution in [0.15, 0.2) is 56.2 Å². The van der Waals surface area contributed by atoms with Crippen LogP contribution in [-0.4, -0.2) is 36.7 Å². The average molecular weight is 446 g/mol. The number of aryl methyl sites for hydroxylation is 1. The molecule has 2 heterocycles. The van der Waals surface area contributed by atoms with Gasteiger partial charge in [0.2, 0.25) is 0 Å². The van der Waals surface area contributed by atoms with Crippen LogP contribution in [0.5, 0.6) is 5.75 Å². The molecule has 0 N–H and O–H groups in total. The first kappa shape index (κ1) is 20.2. The Morgan fingerprint density at radius 3 is 2.66 bits per heavy atom. The van der Waals surface area contributed by atoms with Crippen LogP contribution < -0.4 is 9.64 Å². The highest BCUT2D eigenvalue weighted by atomic mass is 35.5. The van der Waals surface area contributed by atoms with Gasteiger partial charge in [-0.2, -0.15) is 0 Å². The number of benzene rings is 2. The molecule has 8 heteroatoms. The molecule has 2 aromatic carbocycles. The van der Waals surface area contributed by atoms with Crippen molar-refractivity contribution in [1.29, 1.82) is 0 Å². The van der Waals surface area contributed by atoms with Crippen molar-refractivity contribution in [2.45, 2.75) is 18.7 Å². The Morgan fingerprint density at radius 1 is 1.17 bits per heavy atom. The fourth-order valence-electron chi connectivity index (χ4n) is 3.11. The summed E-state index contributed by atoms with van der Waals surface area (Å²) in [7, 11) is 3.62. The lowest BCUT2D eigenvalue weighted by molar-refractivity contribution is -0.122. The number of aliphatic imine (C=N–C) groups is 1. The Balaban J connectivity index is 1.71. The molecule has 0 atom stereocenters. The highest BCUT2D eigenvalue weighted by Gasteiger charge is 2.38. The van der Waals surface area contributed by atoms with E-state index >= 15 is 0 Å². The second kappa shape index (κ2) is 7.97. The summed E-state index contributed by atoms with van der Waals surface area (Å²) in [6, 6.07) is 11.6. The molecule has 0 unspecified atom stereocenters. The van der Waals surface area contributed by atoms with Gasteiger partial charge in [-0.25, -0.2) is 4.99 Å². The molecule has 0 saturated carbocycles. The fraction of sp³-hybridized carbons (Fsp3) is 0.238. The van der Waals surface area contributed by atoms with Crippen molar-refractivity contribution in [2.75, 3.05) is 25.6 Å². The number of fused-ring (bicyclic) bond motifs is 1. The summed E-state index contributed by atoms with van der Waals surface area (Å²) in [4.78, 5) is 23.4. The van der Waals surface area contributed by atoms with Crippen LogP contribution in [0.25, 0.3) is 0 Å². The Hall–Kier alpha value is -2.09. The van der Waals surface area contributed by atoms with Crippen molar-refractivity contribution in [3.63, 3.8) is 0 Å². The second-order valence-corrected chi connectivity index (χ2v) is 9.02. The van der Waals surface area contributed by atoms with Crippen molar-refractivity contribution in [3.8, 4) is 5.75 Å². The van der Waals surface area contributed by atoms with Crippen LogP contribution >= 0.6 is 35.1 Å². The van der Waals surface area contributed by atoms with Gasteiger partial charge >= 0.3 is 0 Å². The molecule has 29 heavy (non-hydrogen) atoms.